The highest BCUT2D eigenvalue weighted by atomic mass is 16.5. The molecule has 0 saturated heterocycles. The minimum atomic E-state index is 0.397. The molecule has 0 radical (unpaired) electrons. The second kappa shape index (κ2) is 11.6. The van der Waals surface area contributed by atoms with Crippen LogP contribution in [-0.4, -0.2) is 33.4 Å². The third kappa shape index (κ3) is 5.74. The maximum atomic E-state index is 6.36. The summed E-state index contributed by atoms with van der Waals surface area (Å²) >= 11 is 0. The van der Waals surface area contributed by atoms with Crippen molar-refractivity contribution >= 4 is 16.6 Å². The summed E-state index contributed by atoms with van der Waals surface area (Å²) in [5.41, 5.74) is 8.68. The highest BCUT2D eigenvalue weighted by molar-refractivity contribution is 5.82. The predicted molar refractivity (Wildman–Crippen MR) is 177 cm³/mol. The summed E-state index contributed by atoms with van der Waals surface area (Å²) in [5.74, 6) is 3.60. The Morgan fingerprint density at radius 1 is 0.767 bits per heavy atom. The van der Waals surface area contributed by atoms with E-state index in [1.54, 1.807) is 0 Å². The van der Waals surface area contributed by atoms with E-state index in [9.17, 15) is 0 Å². The van der Waals surface area contributed by atoms with Gasteiger partial charge in [-0.3, -0.25) is 0 Å². The Morgan fingerprint density at radius 2 is 1.51 bits per heavy atom. The number of rotatable bonds is 8. The number of ether oxygens (including phenoxy) is 1. The lowest BCUT2D eigenvalue weighted by Crippen LogP contribution is -2.21. The molecule has 0 fully saturated rings. The quantitative estimate of drug-likeness (QED) is 0.186. The fraction of sp³-hybridized carbons (Fsp3) is 0.297. The summed E-state index contributed by atoms with van der Waals surface area (Å²) in [5, 5.41) is 5.79. The maximum Gasteiger partial charge on any atom is 0.154 e. The summed E-state index contributed by atoms with van der Waals surface area (Å²) in [7, 11) is 2.06. The van der Waals surface area contributed by atoms with E-state index < -0.39 is 0 Å². The molecule has 0 atom stereocenters. The Labute approximate surface area is 255 Å². The van der Waals surface area contributed by atoms with Gasteiger partial charge < -0.3 is 14.5 Å². The Morgan fingerprint density at radius 3 is 2.19 bits per heavy atom. The summed E-state index contributed by atoms with van der Waals surface area (Å²) in [4.78, 5) is 9.10. The zero-order valence-corrected chi connectivity index (χ0v) is 26.2. The van der Waals surface area contributed by atoms with E-state index in [2.05, 4.69) is 113 Å². The molecule has 0 spiro atoms. The second-order valence-corrected chi connectivity index (χ2v) is 12.5. The number of fused-ring (bicyclic) bond motifs is 1. The number of nitrogens with zero attached hydrogens (tertiary/aromatic N) is 5. The molecule has 6 rings (SSSR count). The van der Waals surface area contributed by atoms with Crippen LogP contribution in [0.2, 0.25) is 0 Å². The molecule has 6 heteroatoms. The van der Waals surface area contributed by atoms with Crippen molar-refractivity contribution in [3.05, 3.63) is 108 Å². The van der Waals surface area contributed by atoms with Crippen LogP contribution >= 0.6 is 0 Å². The average Bonchev–Trinajstić information content (AvgIpc) is 3.62. The molecule has 1 aliphatic rings. The van der Waals surface area contributed by atoms with Crippen LogP contribution in [0.1, 0.15) is 76.0 Å². The molecule has 0 bridgehead atoms. The summed E-state index contributed by atoms with van der Waals surface area (Å²) < 4.78 is 8.27. The lowest BCUT2D eigenvalue weighted by atomic mass is 9.82. The predicted octanol–water partition coefficient (Wildman–Crippen LogP) is 9.43. The van der Waals surface area contributed by atoms with Gasteiger partial charge in [-0.2, -0.15) is 5.10 Å². The van der Waals surface area contributed by atoms with Gasteiger partial charge in [0.2, 0.25) is 0 Å². The summed E-state index contributed by atoms with van der Waals surface area (Å²) in [6, 6.07) is 23.4. The first-order valence-electron chi connectivity index (χ1n) is 15.2. The lowest BCUT2D eigenvalue weighted by molar-refractivity contribution is 0.481. The topological polar surface area (TPSA) is 46.4 Å². The molecule has 3 heterocycles. The van der Waals surface area contributed by atoms with Crippen LogP contribution in [0.25, 0.3) is 27.8 Å². The Bertz CT molecular complexity index is 1770. The van der Waals surface area contributed by atoms with Gasteiger partial charge in [-0.05, 0) is 82.0 Å². The largest absolute Gasteiger partial charge is 0.457 e. The smallest absolute Gasteiger partial charge is 0.154 e. The Balaban J connectivity index is 1.37. The van der Waals surface area contributed by atoms with E-state index in [0.29, 0.717) is 17.8 Å². The van der Waals surface area contributed by atoms with E-state index >= 15 is 0 Å². The van der Waals surface area contributed by atoms with Crippen molar-refractivity contribution in [2.75, 3.05) is 18.6 Å². The first-order valence-corrected chi connectivity index (χ1v) is 15.2. The number of hydrogen-bond donors (Lipinski definition) is 0. The molecule has 0 N–H and O–H groups in total. The number of benzene rings is 3. The van der Waals surface area contributed by atoms with Crippen molar-refractivity contribution in [1.29, 1.82) is 0 Å². The van der Waals surface area contributed by atoms with Crippen LogP contribution in [0.3, 0.4) is 0 Å². The number of pyridine rings is 1. The van der Waals surface area contributed by atoms with Crippen LogP contribution in [0.4, 0.5) is 5.69 Å². The Kier molecular flexibility index (Phi) is 7.70. The standard InChI is InChI=1S/C37H41N5O/c1-24(2)29-17-33(25(3)4)37(34(18-29)26(5)6)27-13-14-38-36(19-27)42-35-21-32(12-11-28(35)22-39-42)43-31-10-8-9-30(20-31)41-16-15-40(7)23-41/h8-22,24-26H,23H2,1-7H3. The monoisotopic (exact) mass is 571 g/mol. The molecule has 220 valence electrons. The van der Waals surface area contributed by atoms with Gasteiger partial charge >= 0.3 is 0 Å². The number of aromatic nitrogens is 3. The van der Waals surface area contributed by atoms with Gasteiger partial charge in [-0.25, -0.2) is 9.67 Å². The molecule has 3 aromatic carbocycles. The summed E-state index contributed by atoms with van der Waals surface area (Å²) in [6.45, 7) is 14.5. The molecular formula is C37H41N5O. The van der Waals surface area contributed by atoms with Crippen molar-refractivity contribution in [2.24, 2.45) is 0 Å². The van der Waals surface area contributed by atoms with Gasteiger partial charge in [0, 0.05) is 48.9 Å². The third-order valence-corrected chi connectivity index (χ3v) is 8.19. The van der Waals surface area contributed by atoms with Crippen LogP contribution in [-0.2, 0) is 0 Å². The zero-order chi connectivity index (χ0) is 30.2. The molecule has 2 aromatic heterocycles. The van der Waals surface area contributed by atoms with Crippen LogP contribution in [0.5, 0.6) is 11.5 Å². The highest BCUT2D eigenvalue weighted by Crippen LogP contribution is 2.39. The molecule has 1 aliphatic heterocycles. The van der Waals surface area contributed by atoms with Crippen LogP contribution in [0, 0.1) is 0 Å². The highest BCUT2D eigenvalue weighted by Gasteiger charge is 2.20. The molecule has 0 saturated carbocycles. The van der Waals surface area contributed by atoms with Gasteiger partial charge in [0.1, 0.15) is 11.5 Å². The van der Waals surface area contributed by atoms with Crippen molar-refractivity contribution in [3.8, 4) is 28.4 Å². The van der Waals surface area contributed by atoms with E-state index in [1.807, 2.05) is 41.3 Å². The van der Waals surface area contributed by atoms with Gasteiger partial charge in [-0.15, -0.1) is 0 Å². The minimum Gasteiger partial charge on any atom is -0.457 e. The van der Waals surface area contributed by atoms with Gasteiger partial charge in [0.05, 0.1) is 18.4 Å². The fourth-order valence-corrected chi connectivity index (χ4v) is 5.78. The lowest BCUT2D eigenvalue weighted by Gasteiger charge is -2.23. The van der Waals surface area contributed by atoms with Gasteiger partial charge in [0.25, 0.3) is 0 Å². The number of anilines is 1. The van der Waals surface area contributed by atoms with Gasteiger partial charge in [-0.1, -0.05) is 59.7 Å². The van der Waals surface area contributed by atoms with Crippen molar-refractivity contribution < 1.29 is 4.74 Å². The molecule has 43 heavy (non-hydrogen) atoms. The molecular weight excluding hydrogens is 530 g/mol. The normalized spacial score (nSPS) is 13.3. The number of hydrogen-bond acceptors (Lipinski definition) is 5. The first-order chi connectivity index (χ1) is 20.7. The third-order valence-electron chi connectivity index (χ3n) is 8.19. The van der Waals surface area contributed by atoms with Crippen molar-refractivity contribution in [3.63, 3.8) is 0 Å². The van der Waals surface area contributed by atoms with Gasteiger partial charge in [0.15, 0.2) is 5.82 Å². The molecule has 0 unspecified atom stereocenters. The van der Waals surface area contributed by atoms with Crippen molar-refractivity contribution in [1.82, 2.24) is 19.7 Å². The first kappa shape index (κ1) is 28.5. The SMILES string of the molecule is CC(C)c1cc(C(C)C)c(-c2ccnc(-n3ncc4ccc(Oc5cccc(N6C=CN(C)C6)c5)cc43)c2)c(C(C)C)c1. The summed E-state index contributed by atoms with van der Waals surface area (Å²) in [6.07, 6.45) is 7.94. The molecule has 5 aromatic rings. The van der Waals surface area contributed by atoms with E-state index in [-0.39, 0.29) is 0 Å². The van der Waals surface area contributed by atoms with Crippen LogP contribution < -0.4 is 9.64 Å². The molecule has 6 nitrogen and oxygen atoms in total. The maximum absolute atomic E-state index is 6.36. The minimum absolute atomic E-state index is 0.397. The molecule has 0 aliphatic carbocycles. The van der Waals surface area contributed by atoms with E-state index in [4.69, 9.17) is 14.8 Å². The zero-order valence-electron chi connectivity index (χ0n) is 26.2. The second-order valence-electron chi connectivity index (χ2n) is 12.5. The molecule has 0 amide bonds. The van der Waals surface area contributed by atoms with Crippen molar-refractivity contribution in [2.45, 2.75) is 59.3 Å². The fourth-order valence-electron chi connectivity index (χ4n) is 5.78. The van der Waals surface area contributed by atoms with E-state index in [0.717, 1.165) is 40.6 Å². The van der Waals surface area contributed by atoms with Crippen LogP contribution in [0.15, 0.2) is 91.5 Å². The Hall–Kier alpha value is -4.58. The average molecular weight is 572 g/mol. The van der Waals surface area contributed by atoms with E-state index in [1.165, 1.54) is 27.8 Å².